The number of nitrogens with zero attached hydrogens (tertiary/aromatic N) is 4. The average molecular weight is 1400 g/mol. The fourth-order valence-electron chi connectivity index (χ4n) is 15.8. The molecule has 0 saturated carbocycles. The summed E-state index contributed by atoms with van der Waals surface area (Å²) in [7, 11) is 0. The van der Waals surface area contributed by atoms with E-state index in [1.165, 1.54) is 16.7 Å². The molecule has 4 aliphatic rings. The van der Waals surface area contributed by atoms with Gasteiger partial charge in [-0.1, -0.05) is 281 Å². The number of hydrogen-bond donors (Lipinski definition) is 4. The summed E-state index contributed by atoms with van der Waals surface area (Å²) in [6, 6.07) is 94.3. The first-order valence-electron chi connectivity index (χ1n) is 37.4. The Morgan fingerprint density at radius 3 is 0.648 bits per heavy atom. The first-order valence-corrected chi connectivity index (χ1v) is 37.4. The predicted octanol–water partition coefficient (Wildman–Crippen LogP) is 26.5. The minimum Gasteiger partial charge on any atom is -0.354 e. The zero-order chi connectivity index (χ0) is 73.6. The van der Waals surface area contributed by atoms with Crippen molar-refractivity contribution in [3.8, 4) is 100 Å². The largest absolute Gasteiger partial charge is 0.354 e. The minimum atomic E-state index is -0.0419. The van der Waals surface area contributed by atoms with Gasteiger partial charge in [0.05, 0.1) is 51.1 Å². The lowest BCUT2D eigenvalue weighted by Crippen LogP contribution is -2.10. The molecule has 14 aromatic rings. The van der Waals surface area contributed by atoms with Crippen LogP contribution in [0.15, 0.2) is 261 Å². The molecule has 10 heterocycles. The molecule has 0 atom stereocenters. The topological polar surface area (TPSA) is 115 Å². The van der Waals surface area contributed by atoms with Crippen LogP contribution in [-0.4, -0.2) is 39.9 Å². The van der Waals surface area contributed by atoms with Gasteiger partial charge in [-0.3, -0.25) is 0 Å². The van der Waals surface area contributed by atoms with E-state index in [-0.39, 0.29) is 16.2 Å². The van der Waals surface area contributed by atoms with Crippen molar-refractivity contribution in [1.29, 1.82) is 0 Å². The molecular weight excluding hydrogens is 1310 g/mol. The molecular formula is C100H82N8. The molecule has 522 valence electrons. The monoisotopic (exact) mass is 1390 g/mol. The molecule has 0 radical (unpaired) electrons. The van der Waals surface area contributed by atoms with E-state index in [2.05, 4.69) is 392 Å². The van der Waals surface area contributed by atoms with Crippen LogP contribution in [0.4, 0.5) is 0 Å². The molecule has 108 heavy (non-hydrogen) atoms. The standard InChI is InChI=1S/C100H82N8/c1-98(2,3)70-40-34-67(35-41-70)92-80-50-48-78(102-80)91(79-49-51-81(103-79)93(68-36-42-71(43-37-68)99(4,5)6)83-53-55-85(105-83)94(84-54-52-82(92)104-84)69-38-44-72(45-39-69)100(7,8)9)66-32-30-61(31-33-66)73-60-88-95(64-26-18-12-19-27-64)86-57-56-76(106-86)89(62-22-14-10-15-23-62)74-46-47-75(101-74)90(63-24-16-11-17-25-63)77-58-59-87(107-77)96(97(73)108-88)65-28-20-13-21-29-65/h10-60,101-102,105,108H,1-9H3. The Labute approximate surface area is 630 Å². The highest BCUT2D eigenvalue weighted by Gasteiger charge is 2.26. The van der Waals surface area contributed by atoms with Crippen LogP contribution in [0.1, 0.15) is 125 Å². The highest BCUT2D eigenvalue weighted by molar-refractivity contribution is 6.06. The molecule has 8 aromatic carbocycles. The lowest BCUT2D eigenvalue weighted by molar-refractivity contribution is 0.590. The van der Waals surface area contributed by atoms with Gasteiger partial charge in [0, 0.05) is 88.7 Å². The van der Waals surface area contributed by atoms with Gasteiger partial charge < -0.3 is 19.9 Å². The first-order chi connectivity index (χ1) is 52.4. The van der Waals surface area contributed by atoms with E-state index in [0.29, 0.717) is 0 Å². The summed E-state index contributed by atoms with van der Waals surface area (Å²) in [6.45, 7) is 20.4. The molecule has 0 spiro atoms. The van der Waals surface area contributed by atoms with E-state index in [4.69, 9.17) is 19.9 Å². The van der Waals surface area contributed by atoms with Crippen molar-refractivity contribution in [2.75, 3.05) is 0 Å². The molecule has 4 aliphatic heterocycles. The van der Waals surface area contributed by atoms with Crippen molar-refractivity contribution in [3.05, 3.63) is 323 Å². The van der Waals surface area contributed by atoms with Gasteiger partial charge in [0.1, 0.15) is 0 Å². The van der Waals surface area contributed by atoms with Gasteiger partial charge in [-0.2, -0.15) is 0 Å². The summed E-state index contributed by atoms with van der Waals surface area (Å²) in [5.41, 5.74) is 36.2. The maximum atomic E-state index is 5.80. The third kappa shape index (κ3) is 12.4. The van der Waals surface area contributed by atoms with Crippen LogP contribution < -0.4 is 0 Å². The number of aromatic amines is 4. The van der Waals surface area contributed by atoms with Gasteiger partial charge in [0.15, 0.2) is 0 Å². The number of fused-ring (bicyclic) bond motifs is 16. The average Bonchev–Trinajstić information content (AvgIpc) is 1.60. The predicted molar refractivity (Wildman–Crippen MR) is 456 cm³/mol. The van der Waals surface area contributed by atoms with Crippen LogP contribution in [0.5, 0.6) is 0 Å². The lowest BCUT2D eigenvalue weighted by atomic mass is 9.86. The zero-order valence-corrected chi connectivity index (χ0v) is 62.2. The van der Waals surface area contributed by atoms with Crippen LogP contribution in [0.25, 0.3) is 193 Å². The quantitative estimate of drug-likeness (QED) is 0.115. The number of benzene rings is 8. The normalized spacial score (nSPS) is 12.7. The molecule has 16 bridgehead atoms. The van der Waals surface area contributed by atoms with Gasteiger partial charge in [0.2, 0.25) is 0 Å². The van der Waals surface area contributed by atoms with Gasteiger partial charge >= 0.3 is 0 Å². The summed E-state index contributed by atoms with van der Waals surface area (Å²) >= 11 is 0. The van der Waals surface area contributed by atoms with Crippen LogP contribution in [-0.2, 0) is 16.2 Å². The van der Waals surface area contributed by atoms with E-state index >= 15 is 0 Å². The molecule has 8 heteroatoms. The number of aromatic nitrogens is 8. The molecule has 0 unspecified atom stereocenters. The van der Waals surface area contributed by atoms with Gasteiger partial charge in [-0.05, 0) is 174 Å². The number of H-pyrrole nitrogens is 4. The fourth-order valence-corrected chi connectivity index (χ4v) is 15.8. The second-order valence-corrected chi connectivity index (χ2v) is 31.7. The van der Waals surface area contributed by atoms with E-state index in [1.54, 1.807) is 0 Å². The van der Waals surface area contributed by atoms with Crippen molar-refractivity contribution in [1.82, 2.24) is 39.9 Å². The van der Waals surface area contributed by atoms with Crippen molar-refractivity contribution >= 4 is 92.7 Å². The highest BCUT2D eigenvalue weighted by atomic mass is 14.8. The van der Waals surface area contributed by atoms with E-state index in [1.807, 2.05) is 0 Å². The third-order valence-corrected chi connectivity index (χ3v) is 21.5. The summed E-state index contributed by atoms with van der Waals surface area (Å²) in [4.78, 5) is 39.0. The van der Waals surface area contributed by atoms with Crippen molar-refractivity contribution in [3.63, 3.8) is 0 Å². The Morgan fingerprint density at radius 2 is 0.398 bits per heavy atom. The SMILES string of the molecule is CC(C)(C)c1ccc(-c2c3nc(c(-c4ccc(C(C)(C)C)cc4)c4ccc([nH]4)c(-c4ccc(C(C)(C)C)cc4)c4nc(c(-c5ccc(-c6cc7[nH]c6c(-c6ccccc6)c6nc(c(-c8ccccc8)c8ccc([nH]8)c(-c8ccccc8)c8nc(c7-c7ccccc7)C=C8)C=C6)cc5)c5ccc2[nH]5)C=C4)C=C3)cc1. The van der Waals surface area contributed by atoms with Crippen LogP contribution in [0, 0.1) is 0 Å². The molecule has 8 nitrogen and oxygen atoms in total. The smallest absolute Gasteiger partial charge is 0.0737 e. The molecule has 6 aromatic heterocycles. The van der Waals surface area contributed by atoms with Crippen molar-refractivity contribution in [2.45, 2.75) is 78.6 Å². The Bertz CT molecular complexity index is 6320. The van der Waals surface area contributed by atoms with E-state index in [0.717, 1.165) is 190 Å². The Kier molecular flexibility index (Phi) is 16.4. The second kappa shape index (κ2) is 26.5. The molecule has 4 N–H and O–H groups in total. The number of hydrogen-bond acceptors (Lipinski definition) is 4. The number of nitrogens with one attached hydrogen (secondary N) is 4. The maximum Gasteiger partial charge on any atom is 0.0737 e. The third-order valence-electron chi connectivity index (χ3n) is 21.5. The van der Waals surface area contributed by atoms with Gasteiger partial charge in [-0.25, -0.2) is 19.9 Å². The van der Waals surface area contributed by atoms with Crippen molar-refractivity contribution < 1.29 is 0 Å². The molecule has 0 fully saturated rings. The molecule has 0 aliphatic carbocycles. The van der Waals surface area contributed by atoms with Crippen molar-refractivity contribution in [2.24, 2.45) is 0 Å². The molecule has 18 rings (SSSR count). The second-order valence-electron chi connectivity index (χ2n) is 31.7. The Hall–Kier alpha value is -13.0. The summed E-state index contributed by atoms with van der Waals surface area (Å²) in [5, 5.41) is 0. The maximum absolute atomic E-state index is 5.80. The molecule has 0 saturated heterocycles. The van der Waals surface area contributed by atoms with Crippen LogP contribution in [0.3, 0.4) is 0 Å². The minimum absolute atomic E-state index is 0.0208. The Balaban J connectivity index is 0.913. The summed E-state index contributed by atoms with van der Waals surface area (Å²) < 4.78 is 0. The van der Waals surface area contributed by atoms with Gasteiger partial charge in [-0.15, -0.1) is 0 Å². The van der Waals surface area contributed by atoms with Gasteiger partial charge in [0.25, 0.3) is 0 Å². The first kappa shape index (κ1) is 66.9. The lowest BCUT2D eigenvalue weighted by Gasteiger charge is -2.19. The summed E-state index contributed by atoms with van der Waals surface area (Å²) in [6.07, 6.45) is 17.5. The summed E-state index contributed by atoms with van der Waals surface area (Å²) in [5.74, 6) is 0. The highest BCUT2D eigenvalue weighted by Crippen LogP contribution is 2.45. The van der Waals surface area contributed by atoms with E-state index in [9.17, 15) is 0 Å². The molecule has 0 amide bonds. The zero-order valence-electron chi connectivity index (χ0n) is 62.2. The van der Waals surface area contributed by atoms with E-state index < -0.39 is 0 Å². The fraction of sp³-hybridized carbons (Fsp3) is 0.120. The Morgan fingerprint density at radius 1 is 0.194 bits per heavy atom. The van der Waals surface area contributed by atoms with Crippen LogP contribution >= 0.6 is 0 Å². The van der Waals surface area contributed by atoms with Crippen LogP contribution in [0.2, 0.25) is 0 Å². The number of rotatable bonds is 9.